The van der Waals surface area contributed by atoms with Gasteiger partial charge in [-0.2, -0.15) is 4.98 Å². The van der Waals surface area contributed by atoms with Crippen molar-refractivity contribution >= 4 is 23.5 Å². The molecule has 0 fully saturated rings. The molecule has 0 aliphatic rings. The molecule has 10 heteroatoms. The maximum absolute atomic E-state index is 12.3. The minimum absolute atomic E-state index is 0.0347. The number of carbonyl (C=O) groups excluding carboxylic acids is 2. The van der Waals surface area contributed by atoms with Crippen molar-refractivity contribution in [2.24, 2.45) is 5.41 Å². The molecule has 0 saturated carbocycles. The lowest BCUT2D eigenvalue weighted by atomic mass is 10.0. The lowest BCUT2D eigenvalue weighted by molar-refractivity contribution is -0.156. The minimum Gasteiger partial charge on any atom is -0.459 e. The summed E-state index contributed by atoms with van der Waals surface area (Å²) < 4.78 is 5.47. The van der Waals surface area contributed by atoms with Crippen molar-refractivity contribution in [3.05, 3.63) is 72.8 Å². The van der Waals surface area contributed by atoms with Crippen molar-refractivity contribution in [2.45, 2.75) is 80.4 Å². The summed E-state index contributed by atoms with van der Waals surface area (Å²) in [7, 11) is 0. The average molecular weight is 604 g/mol. The molecule has 2 heterocycles. The third-order valence-electron chi connectivity index (χ3n) is 5.39. The number of anilines is 2. The zero-order chi connectivity index (χ0) is 32.8. The van der Waals surface area contributed by atoms with Gasteiger partial charge in [0.15, 0.2) is 5.82 Å². The molecule has 238 valence electrons. The molecular weight excluding hydrogens is 554 g/mol. The van der Waals surface area contributed by atoms with Crippen LogP contribution in [0.2, 0.25) is 0 Å². The van der Waals surface area contributed by atoms with Crippen molar-refractivity contribution in [3.8, 4) is 11.4 Å². The van der Waals surface area contributed by atoms with Crippen LogP contribution in [0.5, 0.6) is 0 Å². The van der Waals surface area contributed by atoms with Crippen LogP contribution in [0.1, 0.15) is 72.9 Å². The second-order valence-electron chi connectivity index (χ2n) is 13.2. The van der Waals surface area contributed by atoms with Crippen LogP contribution in [0.3, 0.4) is 0 Å². The van der Waals surface area contributed by atoms with E-state index in [0.29, 0.717) is 36.8 Å². The SMILES string of the molecule is C=CCN(CC(=O)OC(C)(C)C)Cc1cccc(Nc2ncnc(-c3cncc(CCCNC(C)=O)c3)n2)c1.CC(C)(C)C. The number of amides is 1. The number of nitrogens with one attached hydrogen (secondary N) is 2. The van der Waals surface area contributed by atoms with Gasteiger partial charge in [-0.25, -0.2) is 9.97 Å². The highest BCUT2D eigenvalue weighted by Crippen LogP contribution is 2.20. The number of hydrogen-bond donors (Lipinski definition) is 2. The Morgan fingerprint density at radius 1 is 1.02 bits per heavy atom. The second-order valence-corrected chi connectivity index (χ2v) is 13.2. The summed E-state index contributed by atoms with van der Waals surface area (Å²) in [5, 5.41) is 6.05. The van der Waals surface area contributed by atoms with Gasteiger partial charge in [-0.05, 0) is 68.4 Å². The number of rotatable bonds is 13. The number of ether oxygens (including phenoxy) is 1. The topological polar surface area (TPSA) is 122 Å². The number of nitrogens with zero attached hydrogens (tertiary/aromatic N) is 5. The fourth-order valence-electron chi connectivity index (χ4n) is 3.86. The highest BCUT2D eigenvalue weighted by Gasteiger charge is 2.19. The molecule has 0 saturated heterocycles. The summed E-state index contributed by atoms with van der Waals surface area (Å²) in [6, 6.07) is 9.85. The van der Waals surface area contributed by atoms with Crippen LogP contribution in [0.15, 0.2) is 61.7 Å². The van der Waals surface area contributed by atoms with Crippen LogP contribution in [0.4, 0.5) is 11.6 Å². The molecule has 1 aromatic carbocycles. The van der Waals surface area contributed by atoms with Crippen molar-refractivity contribution < 1.29 is 14.3 Å². The third-order valence-corrected chi connectivity index (χ3v) is 5.39. The van der Waals surface area contributed by atoms with E-state index in [-0.39, 0.29) is 18.4 Å². The van der Waals surface area contributed by atoms with E-state index in [1.54, 1.807) is 12.3 Å². The van der Waals surface area contributed by atoms with Gasteiger partial charge in [-0.3, -0.25) is 19.5 Å². The van der Waals surface area contributed by atoms with Crippen molar-refractivity contribution in [1.29, 1.82) is 0 Å². The molecule has 0 spiro atoms. The fourth-order valence-corrected chi connectivity index (χ4v) is 3.86. The molecular formula is C34H49N7O3. The van der Waals surface area contributed by atoms with Gasteiger partial charge in [-0.1, -0.05) is 45.9 Å². The maximum Gasteiger partial charge on any atom is 0.320 e. The Balaban J connectivity index is 0.00000125. The molecule has 2 aromatic heterocycles. The predicted octanol–water partition coefficient (Wildman–Crippen LogP) is 6.13. The summed E-state index contributed by atoms with van der Waals surface area (Å²) in [5.41, 5.74) is 3.61. The van der Waals surface area contributed by atoms with Crippen LogP contribution in [0, 0.1) is 5.41 Å². The summed E-state index contributed by atoms with van der Waals surface area (Å²) in [4.78, 5) is 42.9. The van der Waals surface area contributed by atoms with Crippen LogP contribution in [-0.4, -0.2) is 61.9 Å². The Bertz CT molecular complexity index is 1360. The number of hydrogen-bond acceptors (Lipinski definition) is 9. The minimum atomic E-state index is -0.532. The first kappa shape index (κ1) is 36.0. The van der Waals surface area contributed by atoms with Crippen molar-refractivity contribution in [1.82, 2.24) is 30.2 Å². The van der Waals surface area contributed by atoms with E-state index in [1.165, 1.54) is 13.3 Å². The average Bonchev–Trinajstić information content (AvgIpc) is 2.90. The second kappa shape index (κ2) is 17.2. The van der Waals surface area contributed by atoms with E-state index >= 15 is 0 Å². The van der Waals surface area contributed by atoms with E-state index < -0.39 is 5.60 Å². The summed E-state index contributed by atoms with van der Waals surface area (Å²) >= 11 is 0. The molecule has 2 N–H and O–H groups in total. The highest BCUT2D eigenvalue weighted by atomic mass is 16.6. The monoisotopic (exact) mass is 603 g/mol. The molecule has 3 aromatic rings. The maximum atomic E-state index is 12.3. The summed E-state index contributed by atoms with van der Waals surface area (Å²) in [6.45, 7) is 21.5. The number of esters is 1. The molecule has 0 aliphatic heterocycles. The molecule has 3 rings (SSSR count). The van der Waals surface area contributed by atoms with Gasteiger partial charge < -0.3 is 15.4 Å². The molecule has 44 heavy (non-hydrogen) atoms. The van der Waals surface area contributed by atoms with Crippen molar-refractivity contribution in [2.75, 3.05) is 25.0 Å². The van der Waals surface area contributed by atoms with Crippen molar-refractivity contribution in [3.63, 3.8) is 0 Å². The normalized spacial score (nSPS) is 11.3. The lowest BCUT2D eigenvalue weighted by Crippen LogP contribution is -2.34. The van der Waals surface area contributed by atoms with Gasteiger partial charge in [-0.15, -0.1) is 6.58 Å². The number of carbonyl (C=O) groups is 2. The molecule has 0 unspecified atom stereocenters. The quantitative estimate of drug-likeness (QED) is 0.135. The molecule has 0 radical (unpaired) electrons. The Hall–Kier alpha value is -4.18. The lowest BCUT2D eigenvalue weighted by Gasteiger charge is -2.24. The Morgan fingerprint density at radius 2 is 1.75 bits per heavy atom. The van der Waals surface area contributed by atoms with E-state index in [1.807, 2.05) is 62.2 Å². The Labute approximate surface area is 262 Å². The first-order valence-electron chi connectivity index (χ1n) is 14.9. The first-order chi connectivity index (χ1) is 20.6. The van der Waals surface area contributed by atoms with Crippen LogP contribution < -0.4 is 10.6 Å². The number of pyridine rings is 1. The van der Waals surface area contributed by atoms with E-state index in [9.17, 15) is 9.59 Å². The van der Waals surface area contributed by atoms with Gasteiger partial charge in [0.2, 0.25) is 11.9 Å². The van der Waals surface area contributed by atoms with Crippen LogP contribution in [0.25, 0.3) is 11.4 Å². The molecule has 1 amide bonds. The Morgan fingerprint density at radius 3 is 2.41 bits per heavy atom. The van der Waals surface area contributed by atoms with E-state index in [4.69, 9.17) is 4.74 Å². The zero-order valence-electron chi connectivity index (χ0n) is 27.6. The smallest absolute Gasteiger partial charge is 0.320 e. The van der Waals surface area contributed by atoms with Crippen LogP contribution in [-0.2, 0) is 27.3 Å². The Kier molecular flexibility index (Phi) is 14.1. The van der Waals surface area contributed by atoms with Gasteiger partial charge in [0.25, 0.3) is 0 Å². The number of aryl methyl sites for hydroxylation is 1. The molecule has 0 aliphatic carbocycles. The van der Waals surface area contributed by atoms with E-state index in [0.717, 1.165) is 35.2 Å². The fraction of sp³-hybridized carbons (Fsp3) is 0.471. The predicted molar refractivity (Wildman–Crippen MR) is 176 cm³/mol. The van der Waals surface area contributed by atoms with Gasteiger partial charge in [0.05, 0.1) is 6.54 Å². The van der Waals surface area contributed by atoms with E-state index in [2.05, 4.69) is 64.8 Å². The van der Waals surface area contributed by atoms with Crippen LogP contribution >= 0.6 is 0 Å². The summed E-state index contributed by atoms with van der Waals surface area (Å²) in [6.07, 6.45) is 8.35. The zero-order valence-corrected chi connectivity index (χ0v) is 27.6. The summed E-state index contributed by atoms with van der Waals surface area (Å²) in [5.74, 6) is 0.606. The van der Waals surface area contributed by atoms with Gasteiger partial charge in [0, 0.05) is 50.2 Å². The largest absolute Gasteiger partial charge is 0.459 e. The standard InChI is InChI=1S/C29H37N7O3.C5H12/c1-6-13-36(19-26(38)39-29(3,4)5)18-23-9-7-11-25(15-23)34-28-33-20-32-27(35-28)24-14-22(16-30-17-24)10-8-12-31-21(2)37;1-5(2,3)4/h6-7,9,11,14-17,20H,1,8,10,12-13,18-19H2,2-5H3,(H,31,37)(H,32,33,34,35);1-4H3. The highest BCUT2D eigenvalue weighted by molar-refractivity contribution is 5.72. The third kappa shape index (κ3) is 15.9. The van der Waals surface area contributed by atoms with Gasteiger partial charge >= 0.3 is 5.97 Å². The molecule has 10 nitrogen and oxygen atoms in total. The van der Waals surface area contributed by atoms with Gasteiger partial charge in [0.1, 0.15) is 11.9 Å². The number of benzene rings is 1. The first-order valence-corrected chi connectivity index (χ1v) is 14.9. The molecule has 0 bridgehead atoms. The number of aromatic nitrogens is 4. The molecule has 0 atom stereocenters.